The van der Waals surface area contributed by atoms with E-state index < -0.39 is 0 Å². The fourth-order valence-electron chi connectivity index (χ4n) is 5.41. The summed E-state index contributed by atoms with van der Waals surface area (Å²) in [5.41, 5.74) is 8.09. The smallest absolute Gasteiger partial charge is 0.318 e. The minimum Gasteiger partial charge on any atom is -0.318 e. The molecule has 2 aliphatic rings. The molecule has 0 fully saturated rings. The summed E-state index contributed by atoms with van der Waals surface area (Å²) < 4.78 is 2.23. The third-order valence-corrected chi connectivity index (χ3v) is 6.98. The highest BCUT2D eigenvalue weighted by Gasteiger charge is 2.33. The van der Waals surface area contributed by atoms with Gasteiger partial charge in [-0.05, 0) is 72.2 Å². The average molecular weight is 434 g/mol. The van der Waals surface area contributed by atoms with Gasteiger partial charge in [0.1, 0.15) is 0 Å². The van der Waals surface area contributed by atoms with Crippen LogP contribution in [0.2, 0.25) is 0 Å². The van der Waals surface area contributed by atoms with Crippen LogP contribution in [0.1, 0.15) is 46.8 Å². The first-order valence-electron chi connectivity index (χ1n) is 11.8. The molecule has 0 saturated heterocycles. The van der Waals surface area contributed by atoms with E-state index in [1.54, 1.807) is 0 Å². The first kappa shape index (κ1) is 19.9. The molecule has 0 saturated carbocycles. The molecule has 4 heteroatoms. The molecule has 164 valence electrons. The number of rotatable bonds is 2. The molecular weight excluding hydrogens is 406 g/mol. The summed E-state index contributed by atoms with van der Waals surface area (Å²) in [7, 11) is 0. The molecule has 33 heavy (non-hydrogen) atoms. The Morgan fingerprint density at radius 1 is 0.788 bits per heavy atom. The molecule has 0 spiro atoms. The fraction of sp³-hybridized carbons (Fsp3) is 0.207. The molecule has 2 heterocycles. The van der Waals surface area contributed by atoms with Gasteiger partial charge in [0.15, 0.2) is 0 Å². The molecule has 0 radical (unpaired) electrons. The number of nitrogens with zero attached hydrogens (tertiary/aromatic N) is 2. The number of amides is 2. The Labute approximate surface area is 194 Å². The van der Waals surface area contributed by atoms with Crippen LogP contribution >= 0.6 is 0 Å². The molecule has 4 nitrogen and oxygen atoms in total. The number of para-hydroxylation sites is 1. The molecule has 4 aromatic rings. The quantitative estimate of drug-likeness (QED) is 0.385. The Balaban J connectivity index is 1.45. The zero-order valence-electron chi connectivity index (χ0n) is 18.6. The second-order valence-electron chi connectivity index (χ2n) is 8.95. The fourth-order valence-corrected chi connectivity index (χ4v) is 5.41. The number of fused-ring (bicyclic) bond motifs is 4. The monoisotopic (exact) mass is 433 g/mol. The summed E-state index contributed by atoms with van der Waals surface area (Å²) >= 11 is 0. The number of benzene rings is 3. The number of aryl methyl sites for hydroxylation is 1. The molecule has 1 aliphatic heterocycles. The Morgan fingerprint density at radius 3 is 2.48 bits per heavy atom. The maximum absolute atomic E-state index is 13.9. The molecule has 2 amide bonds. The van der Waals surface area contributed by atoms with Crippen molar-refractivity contribution in [2.24, 2.45) is 0 Å². The van der Waals surface area contributed by atoms with Gasteiger partial charge in [-0.2, -0.15) is 0 Å². The molecule has 1 N–H and O–H groups in total. The Morgan fingerprint density at radius 2 is 1.58 bits per heavy atom. The number of nitrogens with one attached hydrogen (secondary N) is 1. The largest absolute Gasteiger partial charge is 0.322 e. The van der Waals surface area contributed by atoms with E-state index in [1.165, 1.54) is 24.0 Å². The van der Waals surface area contributed by atoms with Gasteiger partial charge in [-0.3, -0.25) is 0 Å². The zero-order chi connectivity index (χ0) is 22.2. The maximum atomic E-state index is 13.9. The maximum Gasteiger partial charge on any atom is 0.322 e. The standard InChI is InChI=1S/C29H27N3O/c33-29(30-25-16-8-14-21-10-4-6-15-24(21)25)32-20-23-13-5-7-17-26(23)31-19-9-18-27(31)28(32)22-11-2-1-3-12-22/h1-3,5,7-9,11-14,16-19,28H,4,6,10,15,20H2,(H,30,33)/t28-/m1/s1. The zero-order valence-corrected chi connectivity index (χ0v) is 18.6. The first-order chi connectivity index (χ1) is 16.3. The lowest BCUT2D eigenvalue weighted by Gasteiger charge is -2.31. The Kier molecular flexibility index (Phi) is 4.99. The minimum absolute atomic E-state index is 0.0627. The SMILES string of the molecule is O=C(Nc1cccc2c1CCCC2)N1Cc2ccccc2-n2cccc2[C@H]1c1ccccc1. The highest BCUT2D eigenvalue weighted by molar-refractivity contribution is 5.91. The van der Waals surface area contributed by atoms with Crippen LogP contribution < -0.4 is 5.32 Å². The molecule has 1 atom stereocenters. The van der Waals surface area contributed by atoms with E-state index in [-0.39, 0.29) is 12.1 Å². The second kappa shape index (κ2) is 8.28. The summed E-state index contributed by atoms with van der Waals surface area (Å²) in [5, 5.41) is 3.30. The van der Waals surface area contributed by atoms with Crippen molar-refractivity contribution in [3.05, 3.63) is 119 Å². The summed E-state index contributed by atoms with van der Waals surface area (Å²) in [6.07, 6.45) is 6.62. The molecule has 1 aliphatic carbocycles. The van der Waals surface area contributed by atoms with Crippen molar-refractivity contribution < 1.29 is 4.79 Å². The van der Waals surface area contributed by atoms with E-state index in [9.17, 15) is 4.79 Å². The van der Waals surface area contributed by atoms with E-state index >= 15 is 0 Å². The number of carbonyl (C=O) groups is 1. The van der Waals surface area contributed by atoms with Gasteiger partial charge in [0.25, 0.3) is 0 Å². The summed E-state index contributed by atoms with van der Waals surface area (Å²) in [6, 6.07) is 29.0. The van der Waals surface area contributed by atoms with Gasteiger partial charge < -0.3 is 14.8 Å². The molecule has 0 unspecified atom stereocenters. The highest BCUT2D eigenvalue weighted by Crippen LogP contribution is 2.37. The van der Waals surface area contributed by atoms with Crippen molar-refractivity contribution in [3.63, 3.8) is 0 Å². The number of hydrogen-bond acceptors (Lipinski definition) is 1. The number of aromatic nitrogens is 1. The van der Waals surface area contributed by atoms with E-state index in [0.29, 0.717) is 6.54 Å². The van der Waals surface area contributed by atoms with Crippen LogP contribution in [0.25, 0.3) is 5.69 Å². The third kappa shape index (κ3) is 3.52. The van der Waals surface area contributed by atoms with Crippen LogP contribution in [0, 0.1) is 0 Å². The lowest BCUT2D eigenvalue weighted by atomic mass is 9.90. The summed E-state index contributed by atoms with van der Waals surface area (Å²) in [5.74, 6) is 0. The molecule has 6 rings (SSSR count). The predicted octanol–water partition coefficient (Wildman–Crippen LogP) is 6.49. The second-order valence-corrected chi connectivity index (χ2v) is 8.95. The van der Waals surface area contributed by atoms with Gasteiger partial charge in [0.05, 0.1) is 18.3 Å². The van der Waals surface area contributed by atoms with Crippen molar-refractivity contribution in [2.45, 2.75) is 38.3 Å². The number of carbonyl (C=O) groups excluding carboxylic acids is 1. The number of urea groups is 1. The van der Waals surface area contributed by atoms with Gasteiger partial charge >= 0.3 is 6.03 Å². The van der Waals surface area contributed by atoms with E-state index in [0.717, 1.165) is 41.0 Å². The Hall–Kier alpha value is -3.79. The molecular formula is C29H27N3O. The number of anilines is 1. The lowest BCUT2D eigenvalue weighted by Crippen LogP contribution is -2.38. The topological polar surface area (TPSA) is 37.3 Å². The lowest BCUT2D eigenvalue weighted by molar-refractivity contribution is 0.194. The molecule has 0 bridgehead atoms. The summed E-state index contributed by atoms with van der Waals surface area (Å²) in [4.78, 5) is 15.9. The molecule has 3 aromatic carbocycles. The van der Waals surface area contributed by atoms with E-state index in [1.807, 2.05) is 29.2 Å². The van der Waals surface area contributed by atoms with Crippen LogP contribution in [0.4, 0.5) is 10.5 Å². The normalized spacial score (nSPS) is 16.8. The third-order valence-electron chi connectivity index (χ3n) is 6.98. The van der Waals surface area contributed by atoms with Gasteiger partial charge in [0.2, 0.25) is 0 Å². The van der Waals surface area contributed by atoms with Crippen molar-refractivity contribution in [1.29, 1.82) is 0 Å². The summed E-state index contributed by atoms with van der Waals surface area (Å²) in [6.45, 7) is 0.540. The highest BCUT2D eigenvalue weighted by atomic mass is 16.2. The molecule has 1 aromatic heterocycles. The minimum atomic E-state index is -0.187. The van der Waals surface area contributed by atoms with Crippen LogP contribution in [0.3, 0.4) is 0 Å². The van der Waals surface area contributed by atoms with Crippen molar-refractivity contribution in [1.82, 2.24) is 9.47 Å². The van der Waals surface area contributed by atoms with E-state index in [4.69, 9.17) is 0 Å². The predicted molar refractivity (Wildman–Crippen MR) is 132 cm³/mol. The van der Waals surface area contributed by atoms with Gasteiger partial charge in [0, 0.05) is 17.6 Å². The van der Waals surface area contributed by atoms with Crippen molar-refractivity contribution in [3.8, 4) is 5.69 Å². The van der Waals surface area contributed by atoms with Crippen molar-refractivity contribution >= 4 is 11.7 Å². The van der Waals surface area contributed by atoms with E-state index in [2.05, 4.69) is 76.7 Å². The van der Waals surface area contributed by atoms with Crippen LogP contribution in [-0.2, 0) is 19.4 Å². The average Bonchev–Trinajstić information content (AvgIpc) is 3.29. The van der Waals surface area contributed by atoms with Crippen LogP contribution in [0.5, 0.6) is 0 Å². The first-order valence-corrected chi connectivity index (χ1v) is 11.8. The van der Waals surface area contributed by atoms with Crippen LogP contribution in [-0.4, -0.2) is 15.5 Å². The van der Waals surface area contributed by atoms with Gasteiger partial charge in [-0.25, -0.2) is 4.79 Å². The van der Waals surface area contributed by atoms with Crippen molar-refractivity contribution in [2.75, 3.05) is 5.32 Å². The van der Waals surface area contributed by atoms with Crippen LogP contribution in [0.15, 0.2) is 91.1 Å². The number of hydrogen-bond donors (Lipinski definition) is 1. The van der Waals surface area contributed by atoms with Gasteiger partial charge in [-0.15, -0.1) is 0 Å². The van der Waals surface area contributed by atoms with Gasteiger partial charge in [-0.1, -0.05) is 60.7 Å². The Bertz CT molecular complexity index is 1310.